The molecule has 28 heavy (non-hydrogen) atoms. The van der Waals surface area contributed by atoms with Crippen LogP contribution < -0.4 is 10.3 Å². The predicted molar refractivity (Wildman–Crippen MR) is 102 cm³/mol. The minimum Gasteiger partial charge on any atom is -0.406 e. The molecule has 2 aromatic carbocycles. The molecular weight excluding hydrogens is 389 g/mol. The molecule has 2 heterocycles. The highest BCUT2D eigenvalue weighted by Gasteiger charge is 2.31. The second-order valence-corrected chi connectivity index (χ2v) is 7.01. The summed E-state index contributed by atoms with van der Waals surface area (Å²) in [5, 5.41) is 0. The van der Waals surface area contributed by atoms with Gasteiger partial charge in [0.05, 0.1) is 15.7 Å². The van der Waals surface area contributed by atoms with Gasteiger partial charge in [-0.15, -0.1) is 24.5 Å². The second-order valence-electron chi connectivity index (χ2n) is 6.12. The Kier molecular flexibility index (Phi) is 4.43. The third-order valence-electron chi connectivity index (χ3n) is 4.26. The van der Waals surface area contributed by atoms with Crippen LogP contribution >= 0.6 is 11.3 Å². The van der Waals surface area contributed by atoms with Crippen LogP contribution in [0.5, 0.6) is 5.75 Å². The van der Waals surface area contributed by atoms with Crippen molar-refractivity contribution in [3.63, 3.8) is 0 Å². The van der Waals surface area contributed by atoms with Gasteiger partial charge in [0.15, 0.2) is 0 Å². The van der Waals surface area contributed by atoms with Crippen LogP contribution in [0.1, 0.15) is 5.56 Å². The first-order valence-corrected chi connectivity index (χ1v) is 9.12. The number of nitrogens with zero attached hydrogens (tertiary/aromatic N) is 2. The van der Waals surface area contributed by atoms with Crippen LogP contribution in [-0.2, 0) is 0 Å². The predicted octanol–water partition coefficient (Wildman–Crippen LogP) is 5.32. The van der Waals surface area contributed by atoms with Crippen LogP contribution in [0.3, 0.4) is 0 Å². The molecular formula is C20H13F3N2O2S. The molecule has 0 fully saturated rings. The van der Waals surface area contributed by atoms with Crippen molar-refractivity contribution in [2.45, 2.75) is 13.3 Å². The van der Waals surface area contributed by atoms with Gasteiger partial charge >= 0.3 is 6.36 Å². The summed E-state index contributed by atoms with van der Waals surface area (Å²) in [4.78, 5) is 16.9. The van der Waals surface area contributed by atoms with Crippen LogP contribution in [0.25, 0.3) is 27.0 Å². The molecule has 0 bridgehead atoms. The smallest absolute Gasteiger partial charge is 0.406 e. The lowest BCUT2D eigenvalue weighted by Crippen LogP contribution is -2.19. The van der Waals surface area contributed by atoms with E-state index in [1.54, 1.807) is 11.7 Å². The summed E-state index contributed by atoms with van der Waals surface area (Å²) in [6.07, 6.45) is -3.08. The third kappa shape index (κ3) is 3.50. The Balaban J connectivity index is 1.80. The number of ether oxygens (including phenoxy) is 1. The third-order valence-corrected chi connectivity index (χ3v) is 5.05. The number of para-hydroxylation sites is 1. The van der Waals surface area contributed by atoms with Crippen LogP contribution in [0.4, 0.5) is 13.2 Å². The van der Waals surface area contributed by atoms with Gasteiger partial charge in [0.2, 0.25) is 0 Å². The van der Waals surface area contributed by atoms with E-state index in [4.69, 9.17) is 0 Å². The summed E-state index contributed by atoms with van der Waals surface area (Å²) < 4.78 is 43.3. The van der Waals surface area contributed by atoms with E-state index in [1.807, 2.05) is 25.1 Å². The zero-order chi connectivity index (χ0) is 19.9. The van der Waals surface area contributed by atoms with E-state index in [-0.39, 0.29) is 11.3 Å². The standard InChI is InChI=1S/C20H13F3N2O2S/c1-12-9-18(26)25(13-5-7-14(8-6-13)27-20(21,22)23)10-16(12)15-3-2-4-17-19(15)24-11-28-17/h2-11H,1H3. The van der Waals surface area contributed by atoms with Gasteiger partial charge in [0.25, 0.3) is 5.56 Å². The summed E-state index contributed by atoms with van der Waals surface area (Å²) in [5.74, 6) is -0.344. The molecule has 0 atom stereocenters. The zero-order valence-corrected chi connectivity index (χ0v) is 15.3. The van der Waals surface area contributed by atoms with E-state index in [0.29, 0.717) is 5.69 Å². The largest absolute Gasteiger partial charge is 0.573 e. The van der Waals surface area contributed by atoms with Crippen molar-refractivity contribution in [3.8, 4) is 22.6 Å². The Labute approximate surface area is 161 Å². The highest BCUT2D eigenvalue weighted by Crippen LogP contribution is 2.31. The highest BCUT2D eigenvalue weighted by atomic mass is 32.1. The number of halogens is 3. The molecule has 0 saturated carbocycles. The van der Waals surface area contributed by atoms with Crippen molar-refractivity contribution >= 4 is 21.6 Å². The summed E-state index contributed by atoms with van der Waals surface area (Å²) >= 11 is 1.53. The maximum Gasteiger partial charge on any atom is 0.573 e. The van der Waals surface area contributed by atoms with Crippen LogP contribution in [0, 0.1) is 6.92 Å². The molecule has 0 aliphatic heterocycles. The van der Waals surface area contributed by atoms with Crippen LogP contribution in [0.15, 0.2) is 65.0 Å². The highest BCUT2D eigenvalue weighted by molar-refractivity contribution is 7.16. The van der Waals surface area contributed by atoms with Crippen molar-refractivity contribution in [1.29, 1.82) is 0 Å². The van der Waals surface area contributed by atoms with E-state index in [1.165, 1.54) is 46.2 Å². The van der Waals surface area contributed by atoms with Crippen molar-refractivity contribution in [2.75, 3.05) is 0 Å². The first-order chi connectivity index (χ1) is 13.3. The average Bonchev–Trinajstić information content (AvgIpc) is 3.10. The fourth-order valence-corrected chi connectivity index (χ4v) is 3.73. The van der Waals surface area contributed by atoms with Gasteiger partial charge in [-0.25, -0.2) is 4.98 Å². The average molecular weight is 402 g/mol. The lowest BCUT2D eigenvalue weighted by Gasteiger charge is -2.13. The van der Waals surface area contributed by atoms with Crippen LogP contribution in [0.2, 0.25) is 0 Å². The molecule has 0 spiro atoms. The Morgan fingerprint density at radius 2 is 1.82 bits per heavy atom. The minimum atomic E-state index is -4.76. The molecule has 0 aliphatic carbocycles. The summed E-state index contributed by atoms with van der Waals surface area (Å²) in [5.41, 5.74) is 5.27. The van der Waals surface area contributed by atoms with Crippen molar-refractivity contribution in [1.82, 2.24) is 9.55 Å². The van der Waals surface area contributed by atoms with Gasteiger partial charge in [0.1, 0.15) is 5.75 Å². The van der Waals surface area contributed by atoms with Gasteiger partial charge < -0.3 is 4.74 Å². The fourth-order valence-electron chi connectivity index (χ4n) is 3.02. The second kappa shape index (κ2) is 6.79. The first-order valence-electron chi connectivity index (χ1n) is 8.24. The van der Waals surface area contributed by atoms with Gasteiger partial charge in [-0.3, -0.25) is 9.36 Å². The van der Waals surface area contributed by atoms with E-state index in [2.05, 4.69) is 9.72 Å². The molecule has 4 rings (SSSR count). The van der Waals surface area contributed by atoms with Crippen molar-refractivity contribution in [2.24, 2.45) is 0 Å². The number of benzene rings is 2. The van der Waals surface area contributed by atoms with E-state index in [0.717, 1.165) is 26.9 Å². The molecule has 4 nitrogen and oxygen atoms in total. The normalized spacial score (nSPS) is 11.7. The Morgan fingerprint density at radius 1 is 1.07 bits per heavy atom. The van der Waals surface area contributed by atoms with Crippen molar-refractivity contribution < 1.29 is 17.9 Å². The lowest BCUT2D eigenvalue weighted by molar-refractivity contribution is -0.274. The number of aryl methyl sites for hydroxylation is 1. The number of alkyl halides is 3. The first kappa shape index (κ1) is 18.2. The zero-order valence-electron chi connectivity index (χ0n) is 14.5. The number of thiazole rings is 1. The topological polar surface area (TPSA) is 44.1 Å². The number of hydrogen-bond acceptors (Lipinski definition) is 4. The van der Waals surface area contributed by atoms with Gasteiger partial charge in [-0.2, -0.15) is 0 Å². The molecule has 0 radical (unpaired) electrons. The Hall–Kier alpha value is -3.13. The number of aromatic nitrogens is 2. The quantitative estimate of drug-likeness (QED) is 0.466. The molecule has 0 amide bonds. The summed E-state index contributed by atoms with van der Waals surface area (Å²) in [7, 11) is 0. The van der Waals surface area contributed by atoms with Gasteiger partial charge in [-0.1, -0.05) is 12.1 Å². The molecule has 0 unspecified atom stereocenters. The summed E-state index contributed by atoms with van der Waals surface area (Å²) in [6.45, 7) is 1.84. The van der Waals surface area contributed by atoms with Gasteiger partial charge in [0, 0.05) is 29.1 Å². The molecule has 0 saturated heterocycles. The van der Waals surface area contributed by atoms with E-state index in [9.17, 15) is 18.0 Å². The molecule has 2 aromatic heterocycles. The number of pyridine rings is 1. The maximum atomic E-state index is 12.5. The number of rotatable bonds is 3. The summed E-state index contributed by atoms with van der Waals surface area (Å²) in [6, 6.07) is 12.5. The molecule has 0 N–H and O–H groups in total. The molecule has 8 heteroatoms. The SMILES string of the molecule is Cc1cc(=O)n(-c2ccc(OC(F)(F)F)cc2)cc1-c1cccc2scnc12. The van der Waals surface area contributed by atoms with Crippen LogP contribution in [-0.4, -0.2) is 15.9 Å². The van der Waals surface area contributed by atoms with Crippen molar-refractivity contribution in [3.05, 3.63) is 76.2 Å². The minimum absolute atomic E-state index is 0.281. The van der Waals surface area contributed by atoms with E-state index >= 15 is 0 Å². The maximum absolute atomic E-state index is 12.5. The number of fused-ring (bicyclic) bond motifs is 1. The van der Waals surface area contributed by atoms with E-state index < -0.39 is 6.36 Å². The molecule has 0 aliphatic rings. The molecule has 142 valence electrons. The fraction of sp³-hybridized carbons (Fsp3) is 0.100. The van der Waals surface area contributed by atoms with Gasteiger partial charge in [-0.05, 0) is 42.8 Å². The lowest BCUT2D eigenvalue weighted by atomic mass is 10.0. The number of hydrogen-bond donors (Lipinski definition) is 0. The Morgan fingerprint density at radius 3 is 2.54 bits per heavy atom. The molecule has 4 aromatic rings. The monoisotopic (exact) mass is 402 g/mol. The Bertz CT molecular complexity index is 1210.